The van der Waals surface area contributed by atoms with Gasteiger partial charge in [-0.15, -0.1) is 0 Å². The predicted octanol–water partition coefficient (Wildman–Crippen LogP) is 1.87. The number of nitrogens with one attached hydrogen (secondary N) is 1. The maximum Gasteiger partial charge on any atom is 0.144 e. The molecular formula is C11H22N2OS. The van der Waals surface area contributed by atoms with Crippen molar-refractivity contribution in [2.24, 2.45) is 0 Å². The monoisotopic (exact) mass is 230 g/mol. The fourth-order valence-corrected chi connectivity index (χ4v) is 3.48. The molecule has 0 spiro atoms. The zero-order valence-corrected chi connectivity index (χ0v) is 10.8. The summed E-state index contributed by atoms with van der Waals surface area (Å²) in [7, 11) is -0.657. The molecule has 15 heavy (non-hydrogen) atoms. The van der Waals surface area contributed by atoms with Crippen molar-refractivity contribution in [1.82, 2.24) is 10.4 Å². The van der Waals surface area contributed by atoms with E-state index in [0.29, 0.717) is 0 Å². The molecule has 0 aromatic heterocycles. The molecule has 0 aromatic carbocycles. The summed E-state index contributed by atoms with van der Waals surface area (Å²) in [4.78, 5) is 0. The van der Waals surface area contributed by atoms with E-state index in [-0.39, 0.29) is 6.23 Å². The first kappa shape index (κ1) is 11.3. The zero-order valence-electron chi connectivity index (χ0n) is 9.95. The standard InChI is InChI=1S/C11H22N2OS/c1-15(2,3)11-7-8-12-13(11)10-6-4-5-9-14-10/h7,10,12H,4-6,8-9H2,1-3H3. The first-order valence-electron chi connectivity index (χ1n) is 5.62. The van der Waals surface area contributed by atoms with Crippen LogP contribution in [0.1, 0.15) is 19.3 Å². The third-order valence-corrected chi connectivity index (χ3v) is 4.46. The Morgan fingerprint density at radius 1 is 1.40 bits per heavy atom. The van der Waals surface area contributed by atoms with Crippen LogP contribution in [0.15, 0.2) is 11.1 Å². The molecule has 1 atom stereocenters. The van der Waals surface area contributed by atoms with E-state index in [2.05, 4.69) is 35.3 Å². The second-order valence-electron chi connectivity index (χ2n) is 4.93. The average Bonchev–Trinajstić information content (AvgIpc) is 2.67. The lowest BCUT2D eigenvalue weighted by Crippen LogP contribution is -2.44. The van der Waals surface area contributed by atoms with E-state index in [0.717, 1.165) is 19.6 Å². The molecule has 3 nitrogen and oxygen atoms in total. The molecule has 4 heteroatoms. The molecule has 2 aliphatic rings. The van der Waals surface area contributed by atoms with Gasteiger partial charge in [0.1, 0.15) is 6.23 Å². The Kier molecular flexibility index (Phi) is 3.28. The van der Waals surface area contributed by atoms with Gasteiger partial charge in [0.2, 0.25) is 0 Å². The van der Waals surface area contributed by atoms with Crippen LogP contribution < -0.4 is 5.43 Å². The number of nitrogens with zero attached hydrogens (tertiary/aromatic N) is 1. The van der Waals surface area contributed by atoms with Crippen LogP contribution in [-0.2, 0) is 4.74 Å². The van der Waals surface area contributed by atoms with Crippen LogP contribution in [0.3, 0.4) is 0 Å². The van der Waals surface area contributed by atoms with E-state index >= 15 is 0 Å². The third-order valence-electron chi connectivity index (χ3n) is 2.85. The van der Waals surface area contributed by atoms with Crippen LogP contribution in [0, 0.1) is 0 Å². The van der Waals surface area contributed by atoms with Crippen LogP contribution in [0.2, 0.25) is 0 Å². The lowest BCUT2D eigenvalue weighted by atomic mass is 10.2. The Balaban J connectivity index is 2.06. The number of ether oxygens (including phenoxy) is 1. The van der Waals surface area contributed by atoms with Gasteiger partial charge in [0.25, 0.3) is 0 Å². The molecule has 1 fully saturated rings. The summed E-state index contributed by atoms with van der Waals surface area (Å²) < 4.78 is 5.82. The Bertz CT molecular complexity index is 254. The maximum atomic E-state index is 5.82. The van der Waals surface area contributed by atoms with Gasteiger partial charge in [0.05, 0.1) is 5.03 Å². The van der Waals surface area contributed by atoms with Crippen molar-refractivity contribution in [3.05, 3.63) is 11.1 Å². The van der Waals surface area contributed by atoms with Crippen molar-refractivity contribution in [2.45, 2.75) is 25.5 Å². The van der Waals surface area contributed by atoms with Crippen LogP contribution in [0.5, 0.6) is 0 Å². The summed E-state index contributed by atoms with van der Waals surface area (Å²) >= 11 is 0. The molecule has 88 valence electrons. The topological polar surface area (TPSA) is 24.5 Å². The quantitative estimate of drug-likeness (QED) is 0.784. The number of hydrogen-bond acceptors (Lipinski definition) is 3. The molecular weight excluding hydrogens is 208 g/mol. The molecule has 1 saturated heterocycles. The number of hydrazine groups is 1. The second-order valence-corrected chi connectivity index (χ2v) is 9.03. The first-order chi connectivity index (χ1) is 7.09. The molecule has 0 amide bonds. The molecule has 1 N–H and O–H groups in total. The summed E-state index contributed by atoms with van der Waals surface area (Å²) in [5, 5.41) is 3.73. The number of rotatable bonds is 2. The molecule has 2 rings (SSSR count). The highest BCUT2D eigenvalue weighted by Crippen LogP contribution is 2.48. The average molecular weight is 230 g/mol. The van der Waals surface area contributed by atoms with Gasteiger partial charge in [0.15, 0.2) is 0 Å². The summed E-state index contributed by atoms with van der Waals surface area (Å²) in [6.45, 7) is 1.87. The fourth-order valence-electron chi connectivity index (χ4n) is 2.12. The first-order valence-corrected chi connectivity index (χ1v) is 8.48. The molecule has 2 aliphatic heterocycles. The van der Waals surface area contributed by atoms with E-state index in [9.17, 15) is 0 Å². The van der Waals surface area contributed by atoms with Crippen molar-refractivity contribution in [2.75, 3.05) is 31.9 Å². The fraction of sp³-hybridized carbons (Fsp3) is 0.818. The van der Waals surface area contributed by atoms with Gasteiger partial charge in [-0.2, -0.15) is 0 Å². The predicted molar refractivity (Wildman–Crippen MR) is 66.9 cm³/mol. The van der Waals surface area contributed by atoms with Crippen molar-refractivity contribution in [1.29, 1.82) is 0 Å². The van der Waals surface area contributed by atoms with E-state index < -0.39 is 10.0 Å². The minimum atomic E-state index is -0.657. The van der Waals surface area contributed by atoms with Gasteiger partial charge in [-0.1, -0.05) is 0 Å². The van der Waals surface area contributed by atoms with E-state index in [1.807, 2.05) is 0 Å². The van der Waals surface area contributed by atoms with Crippen LogP contribution in [-0.4, -0.2) is 43.2 Å². The van der Waals surface area contributed by atoms with Gasteiger partial charge in [0, 0.05) is 13.2 Å². The van der Waals surface area contributed by atoms with E-state index in [4.69, 9.17) is 4.74 Å². The van der Waals surface area contributed by atoms with Crippen LogP contribution >= 0.6 is 10.0 Å². The molecule has 2 heterocycles. The van der Waals surface area contributed by atoms with Crippen molar-refractivity contribution >= 4 is 10.0 Å². The van der Waals surface area contributed by atoms with Crippen LogP contribution in [0.4, 0.5) is 0 Å². The Morgan fingerprint density at radius 2 is 2.20 bits per heavy atom. The minimum absolute atomic E-state index is 0.263. The van der Waals surface area contributed by atoms with Gasteiger partial charge < -0.3 is 4.74 Å². The zero-order chi connectivity index (χ0) is 10.9. The summed E-state index contributed by atoms with van der Waals surface area (Å²) in [6, 6.07) is 0. The smallest absolute Gasteiger partial charge is 0.144 e. The Morgan fingerprint density at radius 3 is 2.80 bits per heavy atom. The largest absolute Gasteiger partial charge is 0.357 e. The van der Waals surface area contributed by atoms with Crippen molar-refractivity contribution in [3.8, 4) is 0 Å². The minimum Gasteiger partial charge on any atom is -0.357 e. The third kappa shape index (κ3) is 2.49. The highest BCUT2D eigenvalue weighted by molar-refractivity contribution is 8.35. The second kappa shape index (κ2) is 4.36. The maximum absolute atomic E-state index is 5.82. The Hall–Kier alpha value is -0.190. The van der Waals surface area contributed by atoms with Crippen molar-refractivity contribution < 1.29 is 4.74 Å². The van der Waals surface area contributed by atoms with E-state index in [1.54, 1.807) is 0 Å². The van der Waals surface area contributed by atoms with Gasteiger partial charge >= 0.3 is 0 Å². The van der Waals surface area contributed by atoms with Crippen LogP contribution in [0.25, 0.3) is 0 Å². The van der Waals surface area contributed by atoms with Crippen molar-refractivity contribution in [3.63, 3.8) is 0 Å². The molecule has 0 bridgehead atoms. The van der Waals surface area contributed by atoms with Gasteiger partial charge in [-0.3, -0.25) is 5.01 Å². The van der Waals surface area contributed by atoms with Gasteiger partial charge in [-0.05, 0) is 44.1 Å². The summed E-state index contributed by atoms with van der Waals surface area (Å²) in [6.07, 6.45) is 13.2. The highest BCUT2D eigenvalue weighted by Gasteiger charge is 2.30. The molecule has 1 unspecified atom stereocenters. The normalized spacial score (nSPS) is 29.1. The van der Waals surface area contributed by atoms with Gasteiger partial charge in [-0.25, -0.2) is 15.5 Å². The summed E-state index contributed by atoms with van der Waals surface area (Å²) in [5.41, 5.74) is 3.42. The molecule has 0 aliphatic carbocycles. The SMILES string of the molecule is CS(C)(C)C1=CCNN1C1CCCCO1. The van der Waals surface area contributed by atoms with E-state index in [1.165, 1.54) is 17.9 Å². The lowest BCUT2D eigenvalue weighted by Gasteiger charge is -2.40. The highest BCUT2D eigenvalue weighted by atomic mass is 32.3. The lowest BCUT2D eigenvalue weighted by molar-refractivity contribution is -0.0816. The Labute approximate surface area is 94.1 Å². The molecule has 0 aromatic rings. The molecule has 0 saturated carbocycles. The number of hydrogen-bond donors (Lipinski definition) is 1. The molecule has 0 radical (unpaired) electrons. The summed E-state index contributed by atoms with van der Waals surface area (Å²) in [5.74, 6) is 0.